The van der Waals surface area contributed by atoms with Gasteiger partial charge in [-0.1, -0.05) is 24.3 Å². The predicted molar refractivity (Wildman–Crippen MR) is 128 cm³/mol. The highest BCUT2D eigenvalue weighted by Crippen LogP contribution is 2.29. The zero-order valence-corrected chi connectivity index (χ0v) is 20.4. The van der Waals surface area contributed by atoms with Crippen molar-refractivity contribution in [2.45, 2.75) is 39.0 Å². The molecule has 4 rings (SSSR count). The van der Waals surface area contributed by atoms with Gasteiger partial charge in [-0.25, -0.2) is 13.1 Å². The number of hydrogen-bond acceptors (Lipinski definition) is 4. The van der Waals surface area contributed by atoms with Gasteiger partial charge in [0, 0.05) is 32.4 Å². The zero-order valence-electron chi connectivity index (χ0n) is 19.6. The van der Waals surface area contributed by atoms with E-state index in [0.29, 0.717) is 31.1 Å². The molecule has 0 radical (unpaired) electrons. The van der Waals surface area contributed by atoms with Crippen molar-refractivity contribution in [3.05, 3.63) is 76.6 Å². The van der Waals surface area contributed by atoms with Crippen LogP contribution in [0, 0.1) is 27.7 Å². The van der Waals surface area contributed by atoms with Crippen LogP contribution in [0.5, 0.6) is 0 Å². The number of sulfonamides is 1. The van der Waals surface area contributed by atoms with Gasteiger partial charge >= 0.3 is 0 Å². The molecular weight excluding hydrogens is 436 g/mol. The fourth-order valence-electron chi connectivity index (χ4n) is 4.33. The average molecular weight is 467 g/mol. The first-order chi connectivity index (χ1) is 15.7. The highest BCUT2D eigenvalue weighted by Gasteiger charge is 2.33. The maximum atomic E-state index is 13.4. The van der Waals surface area contributed by atoms with Crippen molar-refractivity contribution in [3.63, 3.8) is 0 Å². The van der Waals surface area contributed by atoms with Crippen molar-refractivity contribution in [2.75, 3.05) is 26.2 Å². The number of carbonyl (C=O) groups excluding carboxylic acids is 1. The fourth-order valence-corrected chi connectivity index (χ4v) is 6.33. The Hall–Kier alpha value is -2.97. The van der Waals surface area contributed by atoms with Crippen molar-refractivity contribution >= 4 is 15.9 Å². The smallest absolute Gasteiger partial charge is 0.243 e. The summed E-state index contributed by atoms with van der Waals surface area (Å²) in [5, 5.41) is 4.35. The summed E-state index contributed by atoms with van der Waals surface area (Å²) >= 11 is 0. The third-order valence-corrected chi connectivity index (χ3v) is 8.67. The number of hydrogen-bond donors (Lipinski definition) is 0. The molecule has 174 valence electrons. The Morgan fingerprint density at radius 1 is 0.939 bits per heavy atom. The normalized spacial score (nSPS) is 15.1. The van der Waals surface area contributed by atoms with E-state index in [-0.39, 0.29) is 12.3 Å². The Bertz CT molecular complexity index is 1250. The SMILES string of the molecule is Cc1cc(C)c(C)c(S(=O)(=O)N2CCN(C(=O)Cc3cnn(-c4ccccc4)c3)CC2)c1C. The summed E-state index contributed by atoms with van der Waals surface area (Å²) in [6.45, 7) is 8.97. The molecule has 1 aliphatic rings. The van der Waals surface area contributed by atoms with Crippen molar-refractivity contribution in [1.82, 2.24) is 19.0 Å². The molecule has 0 atom stereocenters. The van der Waals surface area contributed by atoms with Gasteiger partial charge in [-0.15, -0.1) is 0 Å². The van der Waals surface area contributed by atoms with Crippen LogP contribution in [0.1, 0.15) is 27.8 Å². The molecule has 0 aliphatic carbocycles. The Morgan fingerprint density at radius 3 is 2.15 bits per heavy atom. The van der Waals surface area contributed by atoms with E-state index in [2.05, 4.69) is 5.10 Å². The van der Waals surface area contributed by atoms with E-state index in [4.69, 9.17) is 0 Å². The van der Waals surface area contributed by atoms with Crippen LogP contribution in [0.3, 0.4) is 0 Å². The predicted octanol–water partition coefficient (Wildman–Crippen LogP) is 3.18. The minimum atomic E-state index is -3.62. The molecule has 3 aromatic rings. The van der Waals surface area contributed by atoms with Gasteiger partial charge < -0.3 is 4.90 Å². The molecule has 33 heavy (non-hydrogen) atoms. The average Bonchev–Trinajstić information content (AvgIpc) is 3.27. The molecule has 1 amide bonds. The van der Waals surface area contributed by atoms with Gasteiger partial charge in [0.05, 0.1) is 23.2 Å². The van der Waals surface area contributed by atoms with E-state index in [1.165, 1.54) is 4.31 Å². The summed E-state index contributed by atoms with van der Waals surface area (Å²) in [7, 11) is -3.62. The van der Waals surface area contributed by atoms with Crippen LogP contribution in [0.4, 0.5) is 0 Å². The third kappa shape index (κ3) is 4.58. The lowest BCUT2D eigenvalue weighted by Gasteiger charge is -2.34. The molecular formula is C25H30N4O3S. The number of para-hydroxylation sites is 1. The number of aromatic nitrogens is 2. The third-order valence-electron chi connectivity index (χ3n) is 6.50. The first-order valence-corrected chi connectivity index (χ1v) is 12.6. The highest BCUT2D eigenvalue weighted by atomic mass is 32.2. The molecule has 1 fully saturated rings. The van der Waals surface area contributed by atoms with E-state index in [9.17, 15) is 13.2 Å². The topological polar surface area (TPSA) is 75.5 Å². The van der Waals surface area contributed by atoms with Crippen LogP contribution < -0.4 is 0 Å². The van der Waals surface area contributed by atoms with Gasteiger partial charge in [-0.3, -0.25) is 4.79 Å². The number of amides is 1. The monoisotopic (exact) mass is 466 g/mol. The Labute approximate surface area is 195 Å². The van der Waals surface area contributed by atoms with Crippen LogP contribution >= 0.6 is 0 Å². The van der Waals surface area contributed by atoms with Crippen molar-refractivity contribution in [2.24, 2.45) is 0 Å². The van der Waals surface area contributed by atoms with Crippen LogP contribution in [0.15, 0.2) is 53.7 Å². The molecule has 2 heterocycles. The zero-order chi connectivity index (χ0) is 23.8. The quantitative estimate of drug-likeness (QED) is 0.579. The van der Waals surface area contributed by atoms with Crippen LogP contribution in [-0.4, -0.2) is 59.5 Å². The lowest BCUT2D eigenvalue weighted by molar-refractivity contribution is -0.131. The number of nitrogens with zero attached hydrogens (tertiary/aromatic N) is 4. The molecule has 2 aromatic carbocycles. The van der Waals surface area contributed by atoms with E-state index < -0.39 is 10.0 Å². The summed E-state index contributed by atoms with van der Waals surface area (Å²) in [5.74, 6) is -0.0154. The molecule has 1 aromatic heterocycles. The number of carbonyl (C=O) groups is 1. The van der Waals surface area contributed by atoms with Gasteiger partial charge in [-0.2, -0.15) is 9.40 Å². The molecule has 7 nitrogen and oxygen atoms in total. The maximum absolute atomic E-state index is 13.4. The van der Waals surface area contributed by atoms with Crippen LogP contribution in [-0.2, 0) is 21.2 Å². The maximum Gasteiger partial charge on any atom is 0.243 e. The molecule has 0 spiro atoms. The van der Waals surface area contributed by atoms with Gasteiger partial charge in [0.15, 0.2) is 0 Å². The summed E-state index contributed by atoms with van der Waals surface area (Å²) in [5.41, 5.74) is 5.31. The van der Waals surface area contributed by atoms with E-state index in [1.807, 2.05) is 70.3 Å². The standard InChI is InChI=1S/C25H30N4O3S/c1-18-14-19(2)21(4)25(20(18)3)33(31,32)28-12-10-27(11-13-28)24(30)15-22-16-26-29(17-22)23-8-6-5-7-9-23/h5-9,14,16-17H,10-13,15H2,1-4H3. The van der Waals surface area contributed by atoms with Gasteiger partial charge in [0.1, 0.15) is 0 Å². The minimum Gasteiger partial charge on any atom is -0.340 e. The summed E-state index contributed by atoms with van der Waals surface area (Å²) < 4.78 is 30.2. The second-order valence-corrected chi connectivity index (χ2v) is 10.6. The number of aryl methyl sites for hydroxylation is 2. The minimum absolute atomic E-state index is 0.0154. The Kier molecular flexibility index (Phi) is 6.41. The molecule has 0 saturated carbocycles. The first-order valence-electron chi connectivity index (χ1n) is 11.1. The number of rotatable bonds is 5. The molecule has 0 unspecified atom stereocenters. The second kappa shape index (κ2) is 9.11. The van der Waals surface area contributed by atoms with E-state index in [0.717, 1.165) is 33.5 Å². The largest absolute Gasteiger partial charge is 0.340 e. The van der Waals surface area contributed by atoms with Gasteiger partial charge in [-0.05, 0) is 67.6 Å². The Morgan fingerprint density at radius 2 is 1.55 bits per heavy atom. The van der Waals surface area contributed by atoms with Gasteiger partial charge in [0.25, 0.3) is 0 Å². The second-order valence-electron chi connectivity index (χ2n) is 8.68. The summed E-state index contributed by atoms with van der Waals surface area (Å²) in [6.07, 6.45) is 3.81. The van der Waals surface area contributed by atoms with Gasteiger partial charge in [0.2, 0.25) is 15.9 Å². The first kappa shape index (κ1) is 23.2. The van der Waals surface area contributed by atoms with Crippen LogP contribution in [0.2, 0.25) is 0 Å². The van der Waals surface area contributed by atoms with E-state index >= 15 is 0 Å². The summed E-state index contributed by atoms with van der Waals surface area (Å²) in [6, 6.07) is 11.8. The highest BCUT2D eigenvalue weighted by molar-refractivity contribution is 7.89. The molecule has 8 heteroatoms. The lowest BCUT2D eigenvalue weighted by Crippen LogP contribution is -2.51. The lowest BCUT2D eigenvalue weighted by atomic mass is 10.0. The molecule has 1 saturated heterocycles. The molecule has 0 bridgehead atoms. The van der Waals surface area contributed by atoms with E-state index in [1.54, 1.807) is 15.8 Å². The molecule has 1 aliphatic heterocycles. The van der Waals surface area contributed by atoms with Crippen molar-refractivity contribution in [1.29, 1.82) is 0 Å². The number of benzene rings is 2. The van der Waals surface area contributed by atoms with Crippen molar-refractivity contribution < 1.29 is 13.2 Å². The van der Waals surface area contributed by atoms with Crippen molar-refractivity contribution in [3.8, 4) is 5.69 Å². The Balaban J connectivity index is 1.42. The molecule has 0 N–H and O–H groups in total. The number of piperazine rings is 1. The van der Waals surface area contributed by atoms with Crippen LogP contribution in [0.25, 0.3) is 5.69 Å². The summed E-state index contributed by atoms with van der Waals surface area (Å²) in [4.78, 5) is 15.0. The fraction of sp³-hybridized carbons (Fsp3) is 0.360.